The molecule has 4 heteroatoms. The van der Waals surface area contributed by atoms with E-state index in [0.29, 0.717) is 12.2 Å². The normalized spacial score (nSPS) is 14.8. The van der Waals surface area contributed by atoms with E-state index < -0.39 is 11.1 Å². The number of ether oxygens (including phenoxy) is 1. The molecule has 0 saturated carbocycles. The molecule has 1 amide bonds. The Morgan fingerprint density at radius 3 is 2.63 bits per heavy atom. The van der Waals surface area contributed by atoms with Crippen molar-refractivity contribution in [3.05, 3.63) is 29.3 Å². The van der Waals surface area contributed by atoms with Gasteiger partial charge >= 0.3 is 0 Å². The number of carbonyl (C=O) groups is 1. The number of fused-ring (bicyclic) bond motifs is 1. The van der Waals surface area contributed by atoms with E-state index in [1.165, 1.54) is 0 Å². The van der Waals surface area contributed by atoms with E-state index in [2.05, 4.69) is 5.32 Å². The summed E-state index contributed by atoms with van der Waals surface area (Å²) >= 11 is 0. The van der Waals surface area contributed by atoms with Gasteiger partial charge in [0.15, 0.2) is 0 Å². The van der Waals surface area contributed by atoms with Crippen molar-refractivity contribution >= 4 is 5.91 Å². The Labute approximate surface area is 113 Å². The van der Waals surface area contributed by atoms with Gasteiger partial charge < -0.3 is 15.2 Å². The summed E-state index contributed by atoms with van der Waals surface area (Å²) in [5, 5.41) is 12.9. The van der Waals surface area contributed by atoms with E-state index in [4.69, 9.17) is 4.74 Å². The second kappa shape index (κ2) is 4.53. The van der Waals surface area contributed by atoms with Gasteiger partial charge in [0.05, 0.1) is 17.7 Å². The summed E-state index contributed by atoms with van der Waals surface area (Å²) in [5.74, 6) is 0.681. The number of benzene rings is 1. The van der Waals surface area contributed by atoms with Crippen LogP contribution in [0.4, 0.5) is 0 Å². The highest BCUT2D eigenvalue weighted by Crippen LogP contribution is 2.26. The predicted molar refractivity (Wildman–Crippen MR) is 73.5 cm³/mol. The molecule has 1 aromatic rings. The maximum absolute atomic E-state index is 12.2. The summed E-state index contributed by atoms with van der Waals surface area (Å²) in [6.07, 6.45) is 0.839. The molecule has 0 unspecified atom stereocenters. The van der Waals surface area contributed by atoms with Gasteiger partial charge in [0.2, 0.25) is 0 Å². The summed E-state index contributed by atoms with van der Waals surface area (Å²) in [7, 11) is 0. The zero-order valence-electron chi connectivity index (χ0n) is 11.9. The van der Waals surface area contributed by atoms with Gasteiger partial charge in [0.1, 0.15) is 5.75 Å². The van der Waals surface area contributed by atoms with Crippen molar-refractivity contribution in [1.29, 1.82) is 0 Å². The fourth-order valence-corrected chi connectivity index (χ4v) is 1.84. The third-order valence-electron chi connectivity index (χ3n) is 3.91. The first-order valence-electron chi connectivity index (χ1n) is 6.51. The lowest BCUT2D eigenvalue weighted by atomic mass is 9.85. The molecule has 19 heavy (non-hydrogen) atoms. The van der Waals surface area contributed by atoms with Crippen LogP contribution < -0.4 is 10.1 Å². The second-order valence-electron chi connectivity index (χ2n) is 6.06. The van der Waals surface area contributed by atoms with Crippen LogP contribution in [-0.4, -0.2) is 28.8 Å². The van der Waals surface area contributed by atoms with Crippen molar-refractivity contribution in [3.8, 4) is 5.75 Å². The lowest BCUT2D eigenvalue weighted by Gasteiger charge is -2.38. The summed E-state index contributed by atoms with van der Waals surface area (Å²) in [4.78, 5) is 12.2. The number of rotatable bonds is 3. The van der Waals surface area contributed by atoms with Gasteiger partial charge in [-0.05, 0) is 51.5 Å². The predicted octanol–water partition coefficient (Wildman–Crippen LogP) is 1.90. The zero-order chi connectivity index (χ0) is 14.3. The molecule has 0 fully saturated rings. The molecular weight excluding hydrogens is 242 g/mol. The number of nitrogens with one attached hydrogen (secondary N) is 1. The van der Waals surface area contributed by atoms with Crippen LogP contribution >= 0.6 is 0 Å². The fraction of sp³-hybridized carbons (Fsp3) is 0.533. The Kier molecular flexibility index (Phi) is 3.31. The Balaban J connectivity index is 2.17. The van der Waals surface area contributed by atoms with Crippen LogP contribution in [0, 0.1) is 0 Å². The van der Waals surface area contributed by atoms with E-state index in [-0.39, 0.29) is 5.91 Å². The van der Waals surface area contributed by atoms with E-state index in [1.54, 1.807) is 33.8 Å². The van der Waals surface area contributed by atoms with E-state index >= 15 is 0 Å². The van der Waals surface area contributed by atoms with Crippen molar-refractivity contribution in [3.63, 3.8) is 0 Å². The van der Waals surface area contributed by atoms with Crippen LogP contribution in [0.25, 0.3) is 0 Å². The molecule has 1 aliphatic rings. The van der Waals surface area contributed by atoms with Crippen molar-refractivity contribution in [1.82, 2.24) is 5.32 Å². The highest BCUT2D eigenvalue weighted by Gasteiger charge is 2.36. The Bertz CT molecular complexity index is 501. The van der Waals surface area contributed by atoms with Crippen molar-refractivity contribution < 1.29 is 14.6 Å². The Morgan fingerprint density at radius 1 is 1.32 bits per heavy atom. The lowest BCUT2D eigenvalue weighted by Crippen LogP contribution is -2.57. The molecular formula is C15H21NO3. The molecule has 2 rings (SSSR count). The van der Waals surface area contributed by atoms with Crippen molar-refractivity contribution in [2.75, 3.05) is 6.61 Å². The lowest BCUT2D eigenvalue weighted by molar-refractivity contribution is -0.00292. The van der Waals surface area contributed by atoms with Gasteiger partial charge in [-0.25, -0.2) is 0 Å². The number of carbonyl (C=O) groups excluding carboxylic acids is 1. The first kappa shape index (κ1) is 13.9. The first-order valence-corrected chi connectivity index (χ1v) is 6.51. The van der Waals surface area contributed by atoms with Crippen LogP contribution in [-0.2, 0) is 6.42 Å². The zero-order valence-corrected chi connectivity index (χ0v) is 11.9. The maximum Gasteiger partial charge on any atom is 0.251 e. The van der Waals surface area contributed by atoms with Gasteiger partial charge in [0.25, 0.3) is 5.91 Å². The number of aliphatic hydroxyl groups is 1. The molecule has 0 bridgehead atoms. The van der Waals surface area contributed by atoms with Crippen LogP contribution in [0.2, 0.25) is 0 Å². The van der Waals surface area contributed by atoms with Gasteiger partial charge in [-0.15, -0.1) is 0 Å². The first-order chi connectivity index (χ1) is 8.71. The molecule has 0 spiro atoms. The third-order valence-corrected chi connectivity index (χ3v) is 3.91. The fourth-order valence-electron chi connectivity index (χ4n) is 1.84. The Morgan fingerprint density at radius 2 is 2.00 bits per heavy atom. The van der Waals surface area contributed by atoms with Crippen molar-refractivity contribution in [2.45, 2.75) is 45.3 Å². The molecule has 104 valence electrons. The second-order valence-corrected chi connectivity index (χ2v) is 6.06. The Hall–Kier alpha value is -1.55. The average molecular weight is 263 g/mol. The summed E-state index contributed by atoms with van der Waals surface area (Å²) in [6.45, 7) is 7.66. The smallest absolute Gasteiger partial charge is 0.251 e. The molecule has 2 N–H and O–H groups in total. The third kappa shape index (κ3) is 2.73. The number of amides is 1. The van der Waals surface area contributed by atoms with Crippen LogP contribution in [0.1, 0.15) is 43.6 Å². The van der Waals surface area contributed by atoms with Crippen LogP contribution in [0.3, 0.4) is 0 Å². The maximum atomic E-state index is 12.2. The minimum Gasteiger partial charge on any atom is -0.493 e. The minimum atomic E-state index is -0.998. The monoisotopic (exact) mass is 263 g/mol. The van der Waals surface area contributed by atoms with Crippen molar-refractivity contribution in [2.24, 2.45) is 0 Å². The number of hydrogen-bond donors (Lipinski definition) is 2. The largest absolute Gasteiger partial charge is 0.493 e. The van der Waals surface area contributed by atoms with Gasteiger partial charge in [-0.3, -0.25) is 4.79 Å². The molecule has 0 atom stereocenters. The molecule has 0 aliphatic carbocycles. The van der Waals surface area contributed by atoms with Crippen LogP contribution in [0.5, 0.6) is 5.75 Å². The van der Waals surface area contributed by atoms with E-state index in [0.717, 1.165) is 17.7 Å². The van der Waals surface area contributed by atoms with Crippen LogP contribution in [0.15, 0.2) is 18.2 Å². The molecule has 0 saturated heterocycles. The average Bonchev–Trinajstić information content (AvgIpc) is 2.73. The molecule has 1 aliphatic heterocycles. The van der Waals surface area contributed by atoms with Gasteiger partial charge in [-0.2, -0.15) is 0 Å². The topological polar surface area (TPSA) is 58.6 Å². The van der Waals surface area contributed by atoms with Gasteiger partial charge in [0, 0.05) is 12.0 Å². The summed E-state index contributed by atoms with van der Waals surface area (Å²) in [5.41, 5.74) is -0.0439. The summed E-state index contributed by atoms with van der Waals surface area (Å²) in [6, 6.07) is 5.44. The quantitative estimate of drug-likeness (QED) is 0.875. The molecule has 1 aromatic carbocycles. The number of hydrogen-bond acceptors (Lipinski definition) is 3. The molecule has 1 heterocycles. The standard InChI is InChI=1S/C15H21NO3/c1-14(2,15(3,4)18)16-13(17)11-5-6-12-10(9-11)7-8-19-12/h5-6,9,18H,7-8H2,1-4H3,(H,16,17). The molecule has 0 radical (unpaired) electrons. The SMILES string of the molecule is CC(C)(O)C(C)(C)NC(=O)c1ccc2c(c1)CCO2. The van der Waals surface area contributed by atoms with E-state index in [9.17, 15) is 9.90 Å². The minimum absolute atomic E-state index is 0.179. The van der Waals surface area contributed by atoms with E-state index in [1.807, 2.05) is 12.1 Å². The highest BCUT2D eigenvalue weighted by molar-refractivity contribution is 5.95. The molecule has 4 nitrogen and oxygen atoms in total. The van der Waals surface area contributed by atoms with Gasteiger partial charge in [-0.1, -0.05) is 0 Å². The highest BCUT2D eigenvalue weighted by atomic mass is 16.5. The molecule has 0 aromatic heterocycles. The summed E-state index contributed by atoms with van der Waals surface area (Å²) < 4.78 is 5.42.